The summed E-state index contributed by atoms with van der Waals surface area (Å²) in [5, 5.41) is 0.321. The van der Waals surface area contributed by atoms with Crippen LogP contribution in [0.5, 0.6) is 0 Å². The second kappa shape index (κ2) is 7.68. The Kier molecular flexibility index (Phi) is 5.77. The molecule has 0 N–H and O–H groups in total. The normalized spacial score (nSPS) is 18.3. The summed E-state index contributed by atoms with van der Waals surface area (Å²) in [6.45, 7) is 5.00. The Morgan fingerprint density at radius 3 is 2.04 bits per heavy atom. The van der Waals surface area contributed by atoms with Crippen molar-refractivity contribution < 1.29 is 38.3 Å². The minimum absolute atomic E-state index is 0.0994. The first-order valence-corrected chi connectivity index (χ1v) is 8.34. The van der Waals surface area contributed by atoms with Gasteiger partial charge in [-0.3, -0.25) is 28.9 Å². The molecule has 0 aromatic heterocycles. The van der Waals surface area contributed by atoms with Crippen LogP contribution in [-0.2, 0) is 38.3 Å². The number of carbonyl (C=O) groups is 6. The predicted molar refractivity (Wildman–Crippen MR) is 87.0 cm³/mol. The smallest absolute Gasteiger partial charge is 0.355 e. The van der Waals surface area contributed by atoms with Gasteiger partial charge >= 0.3 is 11.9 Å². The molecule has 0 aromatic rings. The molecule has 0 radical (unpaired) electrons. The van der Waals surface area contributed by atoms with Crippen molar-refractivity contribution >= 4 is 35.6 Å². The third-order valence-electron chi connectivity index (χ3n) is 3.66. The highest BCUT2D eigenvalue weighted by atomic mass is 16.7. The van der Waals surface area contributed by atoms with Gasteiger partial charge in [-0.25, -0.2) is 4.79 Å². The summed E-state index contributed by atoms with van der Waals surface area (Å²) in [5.41, 5.74) is -0.748. The lowest BCUT2D eigenvalue weighted by Gasteiger charge is -2.26. The lowest BCUT2D eigenvalue weighted by molar-refractivity contribution is -0.201. The van der Waals surface area contributed by atoms with Crippen LogP contribution in [0.4, 0.5) is 0 Å². The minimum Gasteiger partial charge on any atom is -0.460 e. The Bertz CT molecular complexity index is 700. The van der Waals surface area contributed by atoms with E-state index in [0.717, 1.165) is 12.2 Å². The average Bonchev–Trinajstić information content (AvgIpc) is 3.03. The number of hydroxylamine groups is 2. The van der Waals surface area contributed by atoms with Gasteiger partial charge in [0.1, 0.15) is 11.6 Å². The highest BCUT2D eigenvalue weighted by Crippen LogP contribution is 2.20. The fourth-order valence-corrected chi connectivity index (χ4v) is 2.53. The van der Waals surface area contributed by atoms with Gasteiger partial charge in [0.15, 0.2) is 0 Å². The number of hydrogen-bond donors (Lipinski definition) is 0. The number of nitrogens with zero attached hydrogens (tertiary/aromatic N) is 2. The molecule has 27 heavy (non-hydrogen) atoms. The highest BCUT2D eigenvalue weighted by Gasteiger charge is 2.41. The van der Waals surface area contributed by atoms with Crippen molar-refractivity contribution in [1.82, 2.24) is 9.96 Å². The van der Waals surface area contributed by atoms with Crippen molar-refractivity contribution in [3.05, 3.63) is 12.2 Å². The van der Waals surface area contributed by atoms with Crippen molar-refractivity contribution in [2.45, 2.75) is 58.1 Å². The molecule has 0 aliphatic carbocycles. The van der Waals surface area contributed by atoms with Gasteiger partial charge < -0.3 is 9.57 Å². The molecule has 1 atom stereocenters. The number of rotatable bonds is 6. The summed E-state index contributed by atoms with van der Waals surface area (Å²) < 4.78 is 5.14. The van der Waals surface area contributed by atoms with E-state index in [2.05, 4.69) is 0 Å². The Hall–Kier alpha value is -3.04. The van der Waals surface area contributed by atoms with Gasteiger partial charge in [-0.05, 0) is 27.2 Å². The van der Waals surface area contributed by atoms with Gasteiger partial charge in [0.2, 0.25) is 0 Å². The van der Waals surface area contributed by atoms with E-state index in [4.69, 9.17) is 9.57 Å². The quantitative estimate of drug-likeness (QED) is 0.466. The fourth-order valence-electron chi connectivity index (χ4n) is 2.53. The van der Waals surface area contributed by atoms with E-state index in [1.165, 1.54) is 0 Å². The molecule has 1 saturated heterocycles. The van der Waals surface area contributed by atoms with E-state index in [9.17, 15) is 28.8 Å². The molecule has 4 amide bonds. The van der Waals surface area contributed by atoms with Crippen molar-refractivity contribution in [1.29, 1.82) is 0 Å². The summed E-state index contributed by atoms with van der Waals surface area (Å²) in [6.07, 6.45) is 1.19. The van der Waals surface area contributed by atoms with Crippen LogP contribution >= 0.6 is 0 Å². The van der Waals surface area contributed by atoms with Gasteiger partial charge in [-0.15, -0.1) is 5.06 Å². The van der Waals surface area contributed by atoms with E-state index in [1.807, 2.05) is 0 Å². The maximum absolute atomic E-state index is 12.5. The van der Waals surface area contributed by atoms with Crippen LogP contribution < -0.4 is 0 Å². The van der Waals surface area contributed by atoms with Crippen molar-refractivity contribution in [3.8, 4) is 0 Å². The molecule has 2 rings (SSSR count). The van der Waals surface area contributed by atoms with Gasteiger partial charge in [0.05, 0.1) is 0 Å². The number of ether oxygens (including phenoxy) is 1. The SMILES string of the molecule is CC(C)(C)OC(=O)CC[C@@H](C(=O)ON1C(=O)CCC1=O)N1C(=O)C=CC1=O. The standard InChI is InChI=1S/C17H20N2O8/c1-17(2,3)26-15(24)9-4-10(18-11(20)5-6-12(18)21)16(25)27-19-13(22)7-8-14(19)23/h5-6,10H,4,7-9H2,1-3H3/t10-/m0/s1. The van der Waals surface area contributed by atoms with E-state index in [0.29, 0.717) is 9.96 Å². The van der Waals surface area contributed by atoms with Crippen molar-refractivity contribution in [2.75, 3.05) is 0 Å². The maximum Gasteiger partial charge on any atom is 0.355 e. The second-order valence-electron chi connectivity index (χ2n) is 7.01. The zero-order valence-corrected chi connectivity index (χ0v) is 15.2. The zero-order chi connectivity index (χ0) is 20.4. The van der Waals surface area contributed by atoms with Crippen molar-refractivity contribution in [2.24, 2.45) is 0 Å². The number of imide groups is 2. The molecule has 10 heteroatoms. The molecule has 0 unspecified atom stereocenters. The van der Waals surface area contributed by atoms with Crippen LogP contribution in [0.1, 0.15) is 46.5 Å². The van der Waals surface area contributed by atoms with E-state index in [1.54, 1.807) is 20.8 Å². The third-order valence-corrected chi connectivity index (χ3v) is 3.66. The van der Waals surface area contributed by atoms with Gasteiger partial charge in [-0.1, -0.05) is 0 Å². The molecular weight excluding hydrogens is 360 g/mol. The predicted octanol–water partition coefficient (Wildman–Crippen LogP) is 0.00910. The van der Waals surface area contributed by atoms with Crippen LogP contribution in [0.25, 0.3) is 0 Å². The highest BCUT2D eigenvalue weighted by molar-refractivity contribution is 6.15. The first kappa shape index (κ1) is 20.3. The van der Waals surface area contributed by atoms with Crippen LogP contribution in [0, 0.1) is 0 Å². The molecule has 2 aliphatic heterocycles. The molecule has 2 heterocycles. The Morgan fingerprint density at radius 2 is 1.56 bits per heavy atom. The lowest BCUT2D eigenvalue weighted by atomic mass is 10.1. The molecule has 0 bridgehead atoms. The van der Waals surface area contributed by atoms with Gasteiger partial charge in [0, 0.05) is 31.4 Å². The average molecular weight is 380 g/mol. The van der Waals surface area contributed by atoms with Crippen LogP contribution in [0.15, 0.2) is 12.2 Å². The topological polar surface area (TPSA) is 127 Å². The summed E-state index contributed by atoms with van der Waals surface area (Å²) in [6, 6.07) is -1.48. The van der Waals surface area contributed by atoms with Gasteiger partial charge in [-0.2, -0.15) is 0 Å². The molecule has 1 fully saturated rings. The van der Waals surface area contributed by atoms with E-state index in [-0.39, 0.29) is 25.7 Å². The third kappa shape index (κ3) is 4.99. The minimum atomic E-state index is -1.48. The number of hydrogen-bond acceptors (Lipinski definition) is 8. The van der Waals surface area contributed by atoms with Crippen LogP contribution in [-0.4, -0.2) is 57.2 Å². The summed E-state index contributed by atoms with van der Waals surface area (Å²) >= 11 is 0. The van der Waals surface area contributed by atoms with E-state index < -0.39 is 47.2 Å². The molecule has 0 saturated carbocycles. The Balaban J connectivity index is 2.12. The molecule has 10 nitrogen and oxygen atoms in total. The van der Waals surface area contributed by atoms with E-state index >= 15 is 0 Å². The Labute approximate surface area is 155 Å². The monoisotopic (exact) mass is 380 g/mol. The maximum atomic E-state index is 12.5. The van der Waals surface area contributed by atoms with Crippen LogP contribution in [0.3, 0.4) is 0 Å². The summed E-state index contributed by atoms with van der Waals surface area (Å²) in [4.78, 5) is 76.9. The first-order valence-electron chi connectivity index (χ1n) is 8.34. The van der Waals surface area contributed by atoms with Gasteiger partial charge in [0.25, 0.3) is 23.6 Å². The second-order valence-corrected chi connectivity index (χ2v) is 7.01. The zero-order valence-electron chi connectivity index (χ0n) is 15.2. The molecular formula is C17H20N2O8. The number of amides is 4. The molecule has 2 aliphatic rings. The largest absolute Gasteiger partial charge is 0.460 e. The first-order chi connectivity index (χ1) is 12.5. The molecule has 146 valence electrons. The fraction of sp³-hybridized carbons (Fsp3) is 0.529. The summed E-state index contributed by atoms with van der Waals surface area (Å²) in [5.74, 6) is -4.71. The lowest BCUT2D eigenvalue weighted by Crippen LogP contribution is -2.48. The molecule has 0 aromatic carbocycles. The summed E-state index contributed by atoms with van der Waals surface area (Å²) in [7, 11) is 0. The number of esters is 1. The molecule has 0 spiro atoms. The van der Waals surface area contributed by atoms with Crippen LogP contribution in [0.2, 0.25) is 0 Å². The van der Waals surface area contributed by atoms with Crippen molar-refractivity contribution in [3.63, 3.8) is 0 Å². The Morgan fingerprint density at radius 1 is 1.04 bits per heavy atom. The number of carbonyl (C=O) groups excluding carboxylic acids is 6.